The molecule has 1 atom stereocenters. The fourth-order valence-electron chi connectivity index (χ4n) is 2.18. The van der Waals surface area contributed by atoms with Crippen molar-refractivity contribution in [2.75, 3.05) is 19.6 Å². The number of nitrogens with zero attached hydrogens (tertiary/aromatic N) is 1. The Morgan fingerprint density at radius 1 is 1.50 bits per heavy atom. The molecule has 1 aliphatic rings. The number of benzene rings is 1. The van der Waals surface area contributed by atoms with Crippen LogP contribution < -0.4 is 5.32 Å². The quantitative estimate of drug-likeness (QED) is 0.870. The lowest BCUT2D eigenvalue weighted by atomic mass is 10.1. The van der Waals surface area contributed by atoms with E-state index in [0.29, 0.717) is 6.54 Å². The van der Waals surface area contributed by atoms with E-state index in [1.165, 1.54) is 23.1 Å². The van der Waals surface area contributed by atoms with Crippen LogP contribution in [0.4, 0.5) is 4.39 Å². The average Bonchev–Trinajstić information content (AvgIpc) is 2.43. The Bertz CT molecular complexity index is 518. The summed E-state index contributed by atoms with van der Waals surface area (Å²) in [6.07, 6.45) is -0.241. The number of carbonyl (C=O) groups is 2. The Hall–Kier alpha value is -1.66. The van der Waals surface area contributed by atoms with Crippen LogP contribution in [0.2, 0.25) is 5.02 Å². The average molecular weight is 301 g/mol. The number of amides is 1. The van der Waals surface area contributed by atoms with E-state index in [2.05, 4.69) is 5.32 Å². The van der Waals surface area contributed by atoms with Gasteiger partial charge in [0, 0.05) is 30.2 Å². The summed E-state index contributed by atoms with van der Waals surface area (Å²) in [5.74, 6) is -2.08. The van der Waals surface area contributed by atoms with Gasteiger partial charge in [0.15, 0.2) is 0 Å². The Balaban J connectivity index is 2.16. The lowest BCUT2D eigenvalue weighted by Gasteiger charge is -2.33. The van der Waals surface area contributed by atoms with E-state index in [-0.39, 0.29) is 30.1 Å². The van der Waals surface area contributed by atoms with Crippen LogP contribution >= 0.6 is 11.6 Å². The molecule has 7 heteroatoms. The molecule has 1 amide bonds. The molecule has 1 unspecified atom stereocenters. The molecule has 1 fully saturated rings. The molecule has 2 rings (SSSR count). The number of hydrogen-bond donors (Lipinski definition) is 2. The predicted molar refractivity (Wildman–Crippen MR) is 71.1 cm³/mol. The van der Waals surface area contributed by atoms with E-state index in [9.17, 15) is 14.0 Å². The summed E-state index contributed by atoms with van der Waals surface area (Å²) in [5.41, 5.74) is 0.0989. The molecule has 1 heterocycles. The van der Waals surface area contributed by atoms with Gasteiger partial charge in [-0.1, -0.05) is 17.7 Å². The van der Waals surface area contributed by atoms with Crippen LogP contribution in [-0.2, 0) is 16.0 Å². The van der Waals surface area contributed by atoms with Crippen molar-refractivity contribution in [3.05, 3.63) is 34.6 Å². The molecule has 108 valence electrons. The number of rotatable bonds is 3. The molecule has 0 spiro atoms. The largest absolute Gasteiger partial charge is 0.480 e. The summed E-state index contributed by atoms with van der Waals surface area (Å²) in [6, 6.07) is 3.25. The molecule has 0 aliphatic carbocycles. The Morgan fingerprint density at radius 3 is 2.90 bits per heavy atom. The zero-order valence-electron chi connectivity index (χ0n) is 10.6. The molecule has 1 aromatic carbocycles. The van der Waals surface area contributed by atoms with Gasteiger partial charge in [0.25, 0.3) is 0 Å². The molecule has 1 saturated heterocycles. The summed E-state index contributed by atoms with van der Waals surface area (Å²) in [7, 11) is 0. The Labute approximate surface area is 120 Å². The van der Waals surface area contributed by atoms with E-state index < -0.39 is 23.7 Å². The summed E-state index contributed by atoms with van der Waals surface area (Å²) < 4.78 is 13.6. The first-order valence-corrected chi connectivity index (χ1v) is 6.54. The van der Waals surface area contributed by atoms with E-state index in [1.807, 2.05) is 0 Å². The first-order chi connectivity index (χ1) is 9.50. The van der Waals surface area contributed by atoms with Crippen molar-refractivity contribution in [2.45, 2.75) is 12.5 Å². The van der Waals surface area contributed by atoms with Crippen molar-refractivity contribution < 1.29 is 19.1 Å². The second-order valence-electron chi connectivity index (χ2n) is 4.52. The fourth-order valence-corrected chi connectivity index (χ4v) is 2.41. The maximum Gasteiger partial charge on any atom is 0.327 e. The minimum atomic E-state index is -1.08. The molecule has 20 heavy (non-hydrogen) atoms. The van der Waals surface area contributed by atoms with Gasteiger partial charge in [-0.3, -0.25) is 4.79 Å². The number of carboxylic acids is 1. The first-order valence-electron chi connectivity index (χ1n) is 6.16. The smallest absolute Gasteiger partial charge is 0.327 e. The highest BCUT2D eigenvalue weighted by Gasteiger charge is 2.32. The zero-order valence-corrected chi connectivity index (χ0v) is 11.4. The van der Waals surface area contributed by atoms with Crippen molar-refractivity contribution in [3.8, 4) is 0 Å². The lowest BCUT2D eigenvalue weighted by molar-refractivity contribution is -0.151. The van der Waals surface area contributed by atoms with Gasteiger partial charge < -0.3 is 15.3 Å². The van der Waals surface area contributed by atoms with E-state index in [1.54, 1.807) is 0 Å². The Kier molecular flexibility index (Phi) is 4.57. The van der Waals surface area contributed by atoms with Crippen LogP contribution in [0.15, 0.2) is 18.2 Å². The van der Waals surface area contributed by atoms with Crippen molar-refractivity contribution >= 4 is 23.5 Å². The van der Waals surface area contributed by atoms with Gasteiger partial charge in [-0.05, 0) is 12.1 Å². The van der Waals surface area contributed by atoms with Crippen molar-refractivity contribution in [1.29, 1.82) is 0 Å². The summed E-state index contributed by atoms with van der Waals surface area (Å²) in [6.45, 7) is 0.981. The second-order valence-corrected chi connectivity index (χ2v) is 4.93. The van der Waals surface area contributed by atoms with E-state index >= 15 is 0 Å². The van der Waals surface area contributed by atoms with E-state index in [4.69, 9.17) is 16.7 Å². The summed E-state index contributed by atoms with van der Waals surface area (Å²) >= 11 is 5.87. The number of hydrogen-bond acceptors (Lipinski definition) is 3. The van der Waals surface area contributed by atoms with Crippen molar-refractivity contribution in [2.24, 2.45) is 0 Å². The molecule has 2 N–H and O–H groups in total. The molecule has 0 radical (unpaired) electrons. The minimum Gasteiger partial charge on any atom is -0.480 e. The molecule has 0 saturated carbocycles. The van der Waals surface area contributed by atoms with Gasteiger partial charge in [0.2, 0.25) is 5.91 Å². The highest BCUT2D eigenvalue weighted by Crippen LogP contribution is 2.20. The molecular weight excluding hydrogens is 287 g/mol. The fraction of sp³-hybridized carbons (Fsp3) is 0.385. The van der Waals surface area contributed by atoms with Crippen LogP contribution in [0, 0.1) is 5.82 Å². The SMILES string of the molecule is O=C(O)C1CNCCN1C(=O)Cc1c(F)cccc1Cl. The van der Waals surface area contributed by atoms with Crippen molar-refractivity contribution in [1.82, 2.24) is 10.2 Å². The molecule has 0 aromatic heterocycles. The van der Waals surface area contributed by atoms with Gasteiger partial charge >= 0.3 is 5.97 Å². The monoisotopic (exact) mass is 300 g/mol. The number of halogens is 2. The predicted octanol–water partition coefficient (Wildman–Crippen LogP) is 0.907. The maximum atomic E-state index is 13.6. The first kappa shape index (κ1) is 14.7. The Morgan fingerprint density at radius 2 is 2.25 bits per heavy atom. The molecule has 1 aliphatic heterocycles. The highest BCUT2D eigenvalue weighted by molar-refractivity contribution is 6.31. The van der Waals surface area contributed by atoms with Gasteiger partial charge in [0.05, 0.1) is 6.42 Å². The third-order valence-corrected chi connectivity index (χ3v) is 3.59. The zero-order chi connectivity index (χ0) is 14.7. The van der Waals surface area contributed by atoms with Gasteiger partial charge in [0.1, 0.15) is 11.9 Å². The van der Waals surface area contributed by atoms with Gasteiger partial charge in [-0.25, -0.2) is 9.18 Å². The maximum absolute atomic E-state index is 13.6. The van der Waals surface area contributed by atoms with Crippen molar-refractivity contribution in [3.63, 3.8) is 0 Å². The normalized spacial score (nSPS) is 18.9. The molecule has 0 bridgehead atoms. The number of nitrogens with one attached hydrogen (secondary N) is 1. The summed E-state index contributed by atoms with van der Waals surface area (Å²) in [4.78, 5) is 24.6. The van der Waals surface area contributed by atoms with Crippen LogP contribution in [0.3, 0.4) is 0 Å². The van der Waals surface area contributed by atoms with Crippen LogP contribution in [-0.4, -0.2) is 47.6 Å². The molecule has 1 aromatic rings. The number of carboxylic acid groups (broad SMARTS) is 1. The van der Waals surface area contributed by atoms with E-state index in [0.717, 1.165) is 0 Å². The van der Waals surface area contributed by atoms with Crippen LogP contribution in [0.25, 0.3) is 0 Å². The minimum absolute atomic E-state index is 0.0989. The van der Waals surface area contributed by atoms with Crippen LogP contribution in [0.5, 0.6) is 0 Å². The highest BCUT2D eigenvalue weighted by atomic mass is 35.5. The number of carbonyl (C=O) groups excluding carboxylic acids is 1. The third kappa shape index (κ3) is 3.08. The lowest BCUT2D eigenvalue weighted by Crippen LogP contribution is -2.57. The van der Waals surface area contributed by atoms with Crippen LogP contribution in [0.1, 0.15) is 5.56 Å². The summed E-state index contributed by atoms with van der Waals surface area (Å²) in [5, 5.41) is 12.2. The number of piperazine rings is 1. The van der Waals surface area contributed by atoms with Gasteiger partial charge in [-0.15, -0.1) is 0 Å². The molecular formula is C13H14ClFN2O3. The second kappa shape index (κ2) is 6.19. The van der Waals surface area contributed by atoms with Gasteiger partial charge in [-0.2, -0.15) is 0 Å². The topological polar surface area (TPSA) is 69.6 Å². The molecule has 5 nitrogen and oxygen atoms in total. The third-order valence-electron chi connectivity index (χ3n) is 3.24. The number of aliphatic carboxylic acids is 1. The standard InChI is InChI=1S/C13H14ClFN2O3/c14-9-2-1-3-10(15)8(9)6-12(18)17-5-4-16-7-11(17)13(19)20/h1-3,11,16H,4-7H2,(H,19,20).